The van der Waals surface area contributed by atoms with Gasteiger partial charge in [-0.3, -0.25) is 0 Å². The van der Waals surface area contributed by atoms with Gasteiger partial charge in [-0.25, -0.2) is 8.96 Å². The van der Waals surface area contributed by atoms with Gasteiger partial charge in [0.15, 0.2) is 6.20 Å². The molecule has 4 fully saturated rings. The second-order valence-corrected chi connectivity index (χ2v) is 11.8. The van der Waals surface area contributed by atoms with Crippen LogP contribution in [0.25, 0.3) is 33.2 Å². The molecule has 0 atom stereocenters. The van der Waals surface area contributed by atoms with Gasteiger partial charge in [0.05, 0.1) is 10.9 Å². The van der Waals surface area contributed by atoms with Gasteiger partial charge in [-0.05, 0) is 109 Å². The number of fused-ring (bicyclic) bond motifs is 1. The fourth-order valence-corrected chi connectivity index (χ4v) is 8.27. The molecule has 4 aliphatic carbocycles. The van der Waals surface area contributed by atoms with E-state index >= 15 is 4.39 Å². The Hall–Kier alpha value is -3.00. The monoisotopic (exact) mass is 462 g/mol. The molecule has 1 aromatic heterocycles. The summed E-state index contributed by atoms with van der Waals surface area (Å²) in [5, 5.41) is 2.55. The Morgan fingerprint density at radius 1 is 0.800 bits per heavy atom. The van der Waals surface area contributed by atoms with Crippen molar-refractivity contribution in [3.8, 4) is 22.4 Å². The Balaban J connectivity index is 1.37. The van der Waals surface area contributed by atoms with Crippen LogP contribution in [0, 0.1) is 30.5 Å². The number of rotatable bonds is 3. The number of benzene rings is 3. The number of hydrogen-bond donors (Lipinski definition) is 0. The topological polar surface area (TPSA) is 3.88 Å². The zero-order valence-electron chi connectivity index (χ0n) is 20.7. The molecule has 35 heavy (non-hydrogen) atoms. The van der Waals surface area contributed by atoms with E-state index in [1.165, 1.54) is 49.3 Å². The molecule has 1 heterocycles. The van der Waals surface area contributed by atoms with Crippen molar-refractivity contribution in [2.45, 2.75) is 50.9 Å². The number of aryl methyl sites for hydroxylation is 2. The molecule has 4 saturated carbocycles. The second-order valence-electron chi connectivity index (χ2n) is 11.8. The van der Waals surface area contributed by atoms with Crippen LogP contribution in [0.15, 0.2) is 72.9 Å². The Morgan fingerprint density at radius 2 is 1.49 bits per heavy atom. The van der Waals surface area contributed by atoms with E-state index in [1.54, 1.807) is 11.6 Å². The first kappa shape index (κ1) is 21.3. The van der Waals surface area contributed by atoms with Gasteiger partial charge in [0.1, 0.15) is 12.9 Å². The van der Waals surface area contributed by atoms with Crippen molar-refractivity contribution >= 4 is 10.8 Å². The van der Waals surface area contributed by atoms with Gasteiger partial charge in [0.25, 0.3) is 0 Å². The van der Waals surface area contributed by atoms with Crippen LogP contribution in [-0.2, 0) is 12.5 Å². The maximum Gasteiger partial charge on any atom is 0.220 e. The van der Waals surface area contributed by atoms with Crippen LogP contribution in [0.3, 0.4) is 0 Å². The lowest BCUT2D eigenvalue weighted by molar-refractivity contribution is -0.659. The fourth-order valence-electron chi connectivity index (χ4n) is 8.27. The molecule has 4 aliphatic rings. The minimum absolute atomic E-state index is 0.163. The SMILES string of the molecule is Cc1cc(F)c(-c2ccccc2)cc1-c1c2ccc(C34CC5CC(CC(C5)C3)C4)cc2cc[n+]1C. The lowest BCUT2D eigenvalue weighted by Crippen LogP contribution is -2.48. The highest BCUT2D eigenvalue weighted by molar-refractivity contribution is 5.95. The lowest BCUT2D eigenvalue weighted by Gasteiger charge is -2.57. The largest absolute Gasteiger partial charge is 0.220 e. The number of aromatic nitrogens is 1. The van der Waals surface area contributed by atoms with E-state index in [0.717, 1.165) is 40.1 Å². The van der Waals surface area contributed by atoms with Crippen molar-refractivity contribution in [3.63, 3.8) is 0 Å². The van der Waals surface area contributed by atoms with E-state index in [-0.39, 0.29) is 5.82 Å². The third-order valence-electron chi connectivity index (χ3n) is 9.44. The maximum absolute atomic E-state index is 15.1. The maximum atomic E-state index is 15.1. The minimum Gasteiger partial charge on any atom is -0.206 e. The van der Waals surface area contributed by atoms with E-state index in [0.29, 0.717) is 11.0 Å². The summed E-state index contributed by atoms with van der Waals surface area (Å²) in [5.74, 6) is 2.67. The van der Waals surface area contributed by atoms with Gasteiger partial charge < -0.3 is 0 Å². The predicted molar refractivity (Wildman–Crippen MR) is 141 cm³/mol. The molecular weight excluding hydrogens is 429 g/mol. The van der Waals surface area contributed by atoms with Crippen molar-refractivity contribution in [1.29, 1.82) is 0 Å². The first-order valence-corrected chi connectivity index (χ1v) is 13.3. The Kier molecular flexibility index (Phi) is 4.72. The third kappa shape index (κ3) is 3.37. The average Bonchev–Trinajstić information content (AvgIpc) is 2.84. The number of nitrogens with zero attached hydrogens (tertiary/aromatic N) is 1. The molecule has 0 radical (unpaired) electrons. The summed E-state index contributed by atoms with van der Waals surface area (Å²) in [7, 11) is 2.10. The molecule has 0 aliphatic heterocycles. The molecule has 3 aromatic carbocycles. The van der Waals surface area contributed by atoms with Crippen LogP contribution in [0.2, 0.25) is 0 Å². The normalized spacial score (nSPS) is 27.0. The summed E-state index contributed by atoms with van der Waals surface area (Å²) < 4.78 is 17.2. The minimum atomic E-state index is -0.163. The summed E-state index contributed by atoms with van der Waals surface area (Å²) in [6, 6.07) is 23.2. The van der Waals surface area contributed by atoms with Crippen LogP contribution in [0.4, 0.5) is 4.39 Å². The first-order chi connectivity index (χ1) is 17.0. The molecule has 8 rings (SSSR count). The van der Waals surface area contributed by atoms with E-state index < -0.39 is 0 Å². The van der Waals surface area contributed by atoms with Crippen LogP contribution < -0.4 is 4.57 Å². The molecule has 0 unspecified atom stereocenters. The van der Waals surface area contributed by atoms with Crippen LogP contribution in [0.1, 0.15) is 49.7 Å². The Labute approximate surface area is 207 Å². The highest BCUT2D eigenvalue weighted by Gasteiger charge is 2.51. The van der Waals surface area contributed by atoms with Crippen LogP contribution >= 0.6 is 0 Å². The van der Waals surface area contributed by atoms with E-state index in [9.17, 15) is 0 Å². The zero-order chi connectivity index (χ0) is 23.7. The molecule has 0 N–H and O–H groups in total. The summed E-state index contributed by atoms with van der Waals surface area (Å²) in [4.78, 5) is 0. The molecule has 2 heteroatoms. The zero-order valence-corrected chi connectivity index (χ0v) is 20.7. The summed E-state index contributed by atoms with van der Waals surface area (Å²) in [6.07, 6.45) is 10.7. The van der Waals surface area contributed by atoms with Crippen LogP contribution in [0.5, 0.6) is 0 Å². The Morgan fingerprint density at radius 3 is 2.17 bits per heavy atom. The van der Waals surface area contributed by atoms with Gasteiger partial charge in [0.2, 0.25) is 5.69 Å². The lowest BCUT2D eigenvalue weighted by atomic mass is 9.48. The summed E-state index contributed by atoms with van der Waals surface area (Å²) in [6.45, 7) is 2.02. The molecule has 4 bridgehead atoms. The number of pyridine rings is 1. The molecule has 4 aromatic rings. The second kappa shape index (κ2) is 7.75. The van der Waals surface area contributed by atoms with Gasteiger partial charge >= 0.3 is 0 Å². The molecule has 1 nitrogen and oxygen atoms in total. The standard InChI is InChI=1S/C33H33FN/c1-21-12-31(34)30(25-6-4-3-5-7-25)17-29(21)32-28-9-8-27(16-26(28)10-11-35(32)2)33-18-22-13-23(19-33)15-24(14-22)20-33/h3-12,16-17,22-24H,13-15,18-20H2,1-2H3/q+1. The molecule has 0 saturated heterocycles. The van der Waals surface area contributed by atoms with E-state index in [4.69, 9.17) is 0 Å². The average molecular weight is 463 g/mol. The Bertz CT molecular complexity index is 1420. The number of hydrogen-bond acceptors (Lipinski definition) is 0. The summed E-state index contributed by atoms with van der Waals surface area (Å²) >= 11 is 0. The van der Waals surface area contributed by atoms with Crippen molar-refractivity contribution in [3.05, 3.63) is 89.9 Å². The third-order valence-corrected chi connectivity index (χ3v) is 9.44. The smallest absolute Gasteiger partial charge is 0.206 e. The fraction of sp³-hybridized carbons (Fsp3) is 0.364. The molecule has 176 valence electrons. The van der Waals surface area contributed by atoms with Crippen molar-refractivity contribution in [2.75, 3.05) is 0 Å². The highest BCUT2D eigenvalue weighted by Crippen LogP contribution is 2.60. The van der Waals surface area contributed by atoms with E-state index in [1.807, 2.05) is 43.3 Å². The van der Waals surface area contributed by atoms with Gasteiger partial charge in [-0.2, -0.15) is 0 Å². The highest BCUT2D eigenvalue weighted by atomic mass is 19.1. The van der Waals surface area contributed by atoms with Crippen molar-refractivity contribution in [1.82, 2.24) is 0 Å². The number of halogens is 1. The van der Waals surface area contributed by atoms with Crippen molar-refractivity contribution in [2.24, 2.45) is 24.8 Å². The van der Waals surface area contributed by atoms with E-state index in [2.05, 4.69) is 42.1 Å². The quantitative estimate of drug-likeness (QED) is 0.272. The molecule has 0 amide bonds. The van der Waals surface area contributed by atoms with Gasteiger partial charge in [-0.1, -0.05) is 42.5 Å². The summed E-state index contributed by atoms with van der Waals surface area (Å²) in [5.41, 5.74) is 6.76. The van der Waals surface area contributed by atoms with Gasteiger partial charge in [0, 0.05) is 11.6 Å². The van der Waals surface area contributed by atoms with Crippen LogP contribution in [-0.4, -0.2) is 0 Å². The first-order valence-electron chi connectivity index (χ1n) is 13.3. The molecular formula is C33H33FN+. The van der Waals surface area contributed by atoms with Gasteiger partial charge in [-0.15, -0.1) is 0 Å². The molecule has 0 spiro atoms. The van der Waals surface area contributed by atoms with Crippen molar-refractivity contribution < 1.29 is 8.96 Å². The predicted octanol–water partition coefficient (Wildman–Crippen LogP) is 7.91.